The molecule has 0 unspecified atom stereocenters. The molecular weight excluding hydrogens is 256 g/mol. The summed E-state index contributed by atoms with van der Waals surface area (Å²) < 4.78 is 0. The zero-order chi connectivity index (χ0) is 13.9. The zero-order valence-corrected chi connectivity index (χ0v) is 11.3. The summed E-state index contributed by atoms with van der Waals surface area (Å²) in [7, 11) is 0. The van der Waals surface area contributed by atoms with Gasteiger partial charge in [0.2, 0.25) is 0 Å². The van der Waals surface area contributed by atoms with E-state index in [1.54, 1.807) is 0 Å². The molecule has 4 fully saturated rings. The van der Waals surface area contributed by atoms with E-state index in [9.17, 15) is 9.59 Å². The molecule has 1 heterocycles. The van der Waals surface area contributed by atoms with Crippen molar-refractivity contribution < 1.29 is 9.90 Å². The van der Waals surface area contributed by atoms with Gasteiger partial charge in [0.1, 0.15) is 5.56 Å². The molecule has 0 saturated heterocycles. The number of aromatic nitrogens is 2. The second-order valence-electron chi connectivity index (χ2n) is 7.00. The minimum absolute atomic E-state index is 0.0170. The van der Waals surface area contributed by atoms with Crippen LogP contribution in [0.2, 0.25) is 0 Å². The maximum atomic E-state index is 11.5. The van der Waals surface area contributed by atoms with E-state index in [4.69, 9.17) is 5.11 Å². The summed E-state index contributed by atoms with van der Waals surface area (Å²) in [5.74, 6) is 1.13. The fraction of sp³-hybridized carbons (Fsp3) is 0.667. The molecule has 4 aliphatic rings. The van der Waals surface area contributed by atoms with Gasteiger partial charge >= 0.3 is 5.97 Å². The number of nitrogens with zero attached hydrogens (tertiary/aromatic N) is 1. The van der Waals surface area contributed by atoms with Crippen molar-refractivity contribution in [3.63, 3.8) is 0 Å². The first kappa shape index (κ1) is 12.1. The lowest BCUT2D eigenvalue weighted by Gasteiger charge is -2.56. The van der Waals surface area contributed by atoms with Gasteiger partial charge in [-0.2, -0.15) is 5.10 Å². The summed E-state index contributed by atoms with van der Waals surface area (Å²) in [4.78, 5) is 22.7. The fourth-order valence-electron chi connectivity index (χ4n) is 5.26. The normalized spacial score (nSPS) is 38.1. The van der Waals surface area contributed by atoms with Gasteiger partial charge in [0.15, 0.2) is 0 Å². The Kier molecular flexibility index (Phi) is 2.38. The minimum Gasteiger partial charge on any atom is -0.477 e. The van der Waals surface area contributed by atoms with Crippen molar-refractivity contribution >= 4 is 5.97 Å². The Balaban J connectivity index is 1.79. The standard InChI is InChI=1S/C15H18N2O3/c18-13-11(14(19)20)4-12(16-17-13)15-5-8-1-9(6-15)3-10(2-8)7-15/h4,8-10H,1-3,5-7H2,(H,17,18)(H,19,20). The van der Waals surface area contributed by atoms with Crippen molar-refractivity contribution in [3.8, 4) is 0 Å². The maximum Gasteiger partial charge on any atom is 0.341 e. The van der Waals surface area contributed by atoms with Gasteiger partial charge < -0.3 is 5.11 Å². The third-order valence-corrected chi connectivity index (χ3v) is 5.62. The van der Waals surface area contributed by atoms with Crippen molar-refractivity contribution in [2.75, 3.05) is 0 Å². The summed E-state index contributed by atoms with van der Waals surface area (Å²) in [5.41, 5.74) is 0.0358. The molecule has 4 bridgehead atoms. The quantitative estimate of drug-likeness (QED) is 0.863. The van der Waals surface area contributed by atoms with Gasteiger partial charge in [-0.3, -0.25) is 4.79 Å². The molecule has 5 nitrogen and oxygen atoms in total. The van der Waals surface area contributed by atoms with E-state index >= 15 is 0 Å². The number of H-pyrrole nitrogens is 1. The molecule has 0 radical (unpaired) electrons. The molecule has 2 N–H and O–H groups in total. The second kappa shape index (κ2) is 3.93. The monoisotopic (exact) mass is 274 g/mol. The molecular formula is C15H18N2O3. The molecule has 20 heavy (non-hydrogen) atoms. The molecule has 4 aliphatic carbocycles. The molecule has 4 saturated carbocycles. The number of carboxylic acids is 1. The largest absolute Gasteiger partial charge is 0.477 e. The van der Waals surface area contributed by atoms with Crippen molar-refractivity contribution in [2.45, 2.75) is 43.9 Å². The molecule has 1 aromatic rings. The van der Waals surface area contributed by atoms with Crippen molar-refractivity contribution in [3.05, 3.63) is 27.7 Å². The Hall–Kier alpha value is -1.65. The van der Waals surface area contributed by atoms with Crippen molar-refractivity contribution in [1.82, 2.24) is 10.2 Å². The Morgan fingerprint density at radius 1 is 1.20 bits per heavy atom. The fourth-order valence-corrected chi connectivity index (χ4v) is 5.26. The van der Waals surface area contributed by atoms with Crippen LogP contribution in [-0.2, 0) is 5.41 Å². The van der Waals surface area contributed by atoms with Crippen LogP contribution in [0.1, 0.15) is 54.6 Å². The average Bonchev–Trinajstić information content (AvgIpc) is 2.37. The highest BCUT2D eigenvalue weighted by Gasteiger charge is 2.52. The Morgan fingerprint density at radius 2 is 1.75 bits per heavy atom. The van der Waals surface area contributed by atoms with Gasteiger partial charge in [-0.05, 0) is 62.3 Å². The predicted molar refractivity (Wildman–Crippen MR) is 71.7 cm³/mol. The number of hydrogen-bond acceptors (Lipinski definition) is 3. The first-order valence-corrected chi connectivity index (χ1v) is 7.39. The van der Waals surface area contributed by atoms with Crippen molar-refractivity contribution in [2.24, 2.45) is 17.8 Å². The molecule has 0 aliphatic heterocycles. The lowest BCUT2D eigenvalue weighted by atomic mass is 9.49. The summed E-state index contributed by atoms with van der Waals surface area (Å²) in [5, 5.41) is 15.7. The van der Waals surface area contributed by atoms with Crippen LogP contribution >= 0.6 is 0 Å². The van der Waals surface area contributed by atoms with Crippen LogP contribution in [0.5, 0.6) is 0 Å². The molecule has 0 aromatic carbocycles. The van der Waals surface area contributed by atoms with E-state index in [-0.39, 0.29) is 11.0 Å². The van der Waals surface area contributed by atoms with Crippen LogP contribution in [-0.4, -0.2) is 21.3 Å². The van der Waals surface area contributed by atoms with Crippen LogP contribution in [0.25, 0.3) is 0 Å². The van der Waals surface area contributed by atoms with E-state index < -0.39 is 11.5 Å². The topological polar surface area (TPSA) is 83.0 Å². The first-order chi connectivity index (χ1) is 9.56. The van der Waals surface area contributed by atoms with Gasteiger partial charge in [0, 0.05) is 5.41 Å². The highest BCUT2D eigenvalue weighted by atomic mass is 16.4. The van der Waals surface area contributed by atoms with Crippen molar-refractivity contribution in [1.29, 1.82) is 0 Å². The SMILES string of the molecule is O=C(O)c1cc(C23CC4CC(CC(C4)C2)C3)n[nH]c1=O. The Bertz CT molecular complexity index is 599. The number of carbonyl (C=O) groups is 1. The third-order valence-electron chi connectivity index (χ3n) is 5.62. The first-order valence-electron chi connectivity index (χ1n) is 7.39. The summed E-state index contributed by atoms with van der Waals surface area (Å²) >= 11 is 0. The van der Waals surface area contributed by atoms with Crippen LogP contribution in [0.15, 0.2) is 10.9 Å². The third kappa shape index (κ3) is 1.65. The van der Waals surface area contributed by atoms with Crippen LogP contribution in [0.4, 0.5) is 0 Å². The van der Waals surface area contributed by atoms with Crippen LogP contribution in [0.3, 0.4) is 0 Å². The summed E-state index contributed by atoms with van der Waals surface area (Å²) in [6, 6.07) is 1.52. The number of rotatable bonds is 2. The highest BCUT2D eigenvalue weighted by Crippen LogP contribution is 2.60. The number of aromatic amines is 1. The van der Waals surface area contributed by atoms with E-state index in [1.165, 1.54) is 25.3 Å². The average molecular weight is 274 g/mol. The van der Waals surface area contributed by atoms with Gasteiger partial charge in [-0.25, -0.2) is 9.89 Å². The van der Waals surface area contributed by atoms with E-state index in [0.29, 0.717) is 0 Å². The van der Waals surface area contributed by atoms with E-state index in [0.717, 1.165) is 42.7 Å². The van der Waals surface area contributed by atoms with Gasteiger partial charge in [-0.15, -0.1) is 0 Å². The van der Waals surface area contributed by atoms with E-state index in [2.05, 4.69) is 10.2 Å². The highest BCUT2D eigenvalue weighted by molar-refractivity contribution is 5.87. The molecule has 106 valence electrons. The summed E-state index contributed by atoms with van der Waals surface area (Å²) in [6.07, 6.45) is 7.31. The smallest absolute Gasteiger partial charge is 0.341 e. The van der Waals surface area contributed by atoms with Crippen LogP contribution < -0.4 is 5.56 Å². The van der Waals surface area contributed by atoms with E-state index in [1.807, 2.05) is 0 Å². The number of carboxylic acid groups (broad SMARTS) is 1. The molecule has 5 heteroatoms. The number of nitrogens with one attached hydrogen (secondary N) is 1. The molecule has 5 rings (SSSR count). The molecule has 0 atom stereocenters. The lowest BCUT2D eigenvalue weighted by Crippen LogP contribution is -2.49. The molecule has 0 amide bonds. The number of hydrogen-bond donors (Lipinski definition) is 2. The number of aromatic carboxylic acids is 1. The summed E-state index contributed by atoms with van der Waals surface area (Å²) in [6.45, 7) is 0. The Labute approximate surface area is 116 Å². The molecule has 0 spiro atoms. The van der Waals surface area contributed by atoms with Gasteiger partial charge in [0.25, 0.3) is 5.56 Å². The minimum atomic E-state index is -1.17. The maximum absolute atomic E-state index is 11.5. The van der Waals surface area contributed by atoms with Crippen LogP contribution in [0, 0.1) is 17.8 Å². The van der Waals surface area contributed by atoms with Gasteiger partial charge in [0.05, 0.1) is 5.69 Å². The lowest BCUT2D eigenvalue weighted by molar-refractivity contribution is -0.00767. The predicted octanol–water partition coefficient (Wildman–Crippen LogP) is 1.94. The Morgan fingerprint density at radius 3 is 2.25 bits per heavy atom. The second-order valence-corrected chi connectivity index (χ2v) is 7.00. The zero-order valence-electron chi connectivity index (χ0n) is 11.3. The molecule has 1 aromatic heterocycles. The van der Waals surface area contributed by atoms with Gasteiger partial charge in [-0.1, -0.05) is 0 Å².